The molecule has 0 aliphatic carbocycles. The number of nitro benzene ring substituents is 1. The first-order valence-corrected chi connectivity index (χ1v) is 10.1. The predicted molar refractivity (Wildman–Crippen MR) is 111 cm³/mol. The number of benzene rings is 2. The lowest BCUT2D eigenvalue weighted by Crippen LogP contribution is -2.54. The number of nitro groups is 1. The van der Waals surface area contributed by atoms with Crippen molar-refractivity contribution < 1.29 is 19.3 Å². The first kappa shape index (κ1) is 19.4. The normalized spacial score (nSPS) is 28.9. The van der Waals surface area contributed by atoms with Gasteiger partial charge in [0.25, 0.3) is 5.69 Å². The summed E-state index contributed by atoms with van der Waals surface area (Å²) in [5, 5.41) is 17.4. The maximum Gasteiger partial charge on any atom is 0.271 e. The second-order valence-corrected chi connectivity index (χ2v) is 8.51. The fourth-order valence-corrected chi connectivity index (χ4v) is 5.26. The van der Waals surface area contributed by atoms with Gasteiger partial charge in [-0.05, 0) is 18.1 Å². The van der Waals surface area contributed by atoms with Gasteiger partial charge in [0.15, 0.2) is 0 Å². The molecule has 9 heteroatoms. The summed E-state index contributed by atoms with van der Waals surface area (Å²) in [5.41, 5.74) is -0.189. The van der Waals surface area contributed by atoms with Crippen molar-refractivity contribution in [2.45, 2.75) is 25.4 Å². The third-order valence-corrected chi connectivity index (χ3v) is 6.57. The average molecular weight is 420 g/mol. The molecular formula is C22H20N4O5. The third kappa shape index (κ3) is 2.43. The van der Waals surface area contributed by atoms with Gasteiger partial charge in [0.2, 0.25) is 17.7 Å². The van der Waals surface area contributed by atoms with Gasteiger partial charge in [-0.3, -0.25) is 29.8 Å². The maximum absolute atomic E-state index is 13.7. The molecule has 2 aromatic carbocycles. The van der Waals surface area contributed by atoms with E-state index in [2.05, 4.69) is 10.6 Å². The van der Waals surface area contributed by atoms with E-state index in [0.29, 0.717) is 11.3 Å². The number of para-hydroxylation sites is 1. The largest absolute Gasteiger partial charge is 0.324 e. The number of rotatable bonds is 3. The Morgan fingerprint density at radius 2 is 1.81 bits per heavy atom. The Kier molecular flexibility index (Phi) is 4.03. The van der Waals surface area contributed by atoms with Crippen LogP contribution in [0, 0.1) is 27.9 Å². The van der Waals surface area contributed by atoms with Crippen molar-refractivity contribution in [1.29, 1.82) is 0 Å². The fraction of sp³-hybridized carbons (Fsp3) is 0.318. The minimum atomic E-state index is -1.36. The first-order chi connectivity index (χ1) is 14.8. The lowest BCUT2D eigenvalue weighted by Gasteiger charge is -2.30. The summed E-state index contributed by atoms with van der Waals surface area (Å²) < 4.78 is 0. The number of hydrogen-bond donors (Lipinski definition) is 2. The van der Waals surface area contributed by atoms with E-state index < -0.39 is 40.2 Å². The summed E-state index contributed by atoms with van der Waals surface area (Å²) in [6.45, 7) is 3.86. The lowest BCUT2D eigenvalue weighted by atomic mass is 9.76. The van der Waals surface area contributed by atoms with Gasteiger partial charge in [-0.15, -0.1) is 0 Å². The highest BCUT2D eigenvalue weighted by Gasteiger charge is 2.70. The van der Waals surface area contributed by atoms with Gasteiger partial charge in [0.05, 0.1) is 22.4 Å². The maximum atomic E-state index is 13.7. The summed E-state index contributed by atoms with van der Waals surface area (Å²) in [6.07, 6.45) is 0. The van der Waals surface area contributed by atoms with Crippen molar-refractivity contribution in [3.8, 4) is 0 Å². The van der Waals surface area contributed by atoms with Crippen LogP contribution in [0.25, 0.3) is 0 Å². The lowest BCUT2D eigenvalue weighted by molar-refractivity contribution is -0.384. The quantitative estimate of drug-likeness (QED) is 0.446. The molecule has 4 atom stereocenters. The van der Waals surface area contributed by atoms with Crippen LogP contribution in [0.3, 0.4) is 0 Å². The Morgan fingerprint density at radius 3 is 2.52 bits per heavy atom. The molecule has 0 saturated carbocycles. The Hall–Kier alpha value is -3.59. The number of carbonyl (C=O) groups excluding carboxylic acids is 3. The average Bonchev–Trinajstić information content (AvgIpc) is 3.33. The smallest absolute Gasteiger partial charge is 0.271 e. The molecule has 2 aromatic rings. The topological polar surface area (TPSA) is 122 Å². The number of carbonyl (C=O) groups is 3. The highest BCUT2D eigenvalue weighted by atomic mass is 16.6. The number of non-ortho nitro benzene ring substituents is 1. The molecule has 3 aliphatic heterocycles. The zero-order valence-corrected chi connectivity index (χ0v) is 16.9. The van der Waals surface area contributed by atoms with Gasteiger partial charge in [0, 0.05) is 29.4 Å². The van der Waals surface area contributed by atoms with Crippen molar-refractivity contribution in [3.63, 3.8) is 0 Å². The SMILES string of the molecule is CC(C)[C@@H]1N[C@]2(C(=O)Nc3ccccc32)[C@@H]2C(=O)N(c3cccc([N+](=O)[O-])c3)C(=O)[C@@H]21. The molecule has 2 saturated heterocycles. The minimum absolute atomic E-state index is 0.0331. The van der Waals surface area contributed by atoms with Gasteiger partial charge in [0.1, 0.15) is 5.54 Å². The van der Waals surface area contributed by atoms with E-state index >= 15 is 0 Å². The number of fused-ring (bicyclic) bond motifs is 4. The number of anilines is 2. The first-order valence-electron chi connectivity index (χ1n) is 10.1. The van der Waals surface area contributed by atoms with Crippen molar-refractivity contribution >= 4 is 34.8 Å². The molecule has 0 aromatic heterocycles. The molecule has 0 bridgehead atoms. The molecule has 2 fully saturated rings. The molecule has 0 unspecified atom stereocenters. The van der Waals surface area contributed by atoms with Gasteiger partial charge >= 0.3 is 0 Å². The van der Waals surface area contributed by atoms with Gasteiger partial charge < -0.3 is 5.32 Å². The molecule has 3 amide bonds. The second kappa shape index (κ2) is 6.45. The van der Waals surface area contributed by atoms with Crippen LogP contribution in [-0.2, 0) is 19.9 Å². The molecular weight excluding hydrogens is 400 g/mol. The summed E-state index contributed by atoms with van der Waals surface area (Å²) in [5.74, 6) is -3.09. The van der Waals surface area contributed by atoms with Crippen LogP contribution in [0.15, 0.2) is 48.5 Å². The Morgan fingerprint density at radius 1 is 1.06 bits per heavy atom. The second-order valence-electron chi connectivity index (χ2n) is 8.51. The van der Waals surface area contributed by atoms with E-state index in [1.54, 1.807) is 24.3 Å². The molecule has 3 heterocycles. The summed E-state index contributed by atoms with van der Waals surface area (Å²) in [6, 6.07) is 12.2. The minimum Gasteiger partial charge on any atom is -0.324 e. The zero-order valence-electron chi connectivity index (χ0n) is 16.9. The van der Waals surface area contributed by atoms with Crippen molar-refractivity contribution in [2.24, 2.45) is 17.8 Å². The van der Waals surface area contributed by atoms with E-state index in [9.17, 15) is 24.5 Å². The molecule has 9 nitrogen and oxygen atoms in total. The highest BCUT2D eigenvalue weighted by Crippen LogP contribution is 2.54. The standard InChI is InChI=1S/C22H20N4O5/c1-11(2)18-16-17(22(24-18)14-8-3-4-9-15(14)23-21(22)29)20(28)25(19(16)27)12-6-5-7-13(10-12)26(30)31/h3-11,16-18,24H,1-2H3,(H,23,29)/t16-,17-,18-,22-/m0/s1. The molecule has 158 valence electrons. The zero-order chi connectivity index (χ0) is 22.1. The van der Waals surface area contributed by atoms with Crippen molar-refractivity contribution in [2.75, 3.05) is 10.2 Å². The number of nitrogens with zero attached hydrogens (tertiary/aromatic N) is 2. The van der Waals surface area contributed by atoms with Crippen LogP contribution in [0.4, 0.5) is 17.1 Å². The van der Waals surface area contributed by atoms with E-state index in [1.165, 1.54) is 24.3 Å². The van der Waals surface area contributed by atoms with E-state index in [4.69, 9.17) is 0 Å². The van der Waals surface area contributed by atoms with E-state index in [0.717, 1.165) is 4.90 Å². The monoisotopic (exact) mass is 420 g/mol. The molecule has 0 radical (unpaired) electrons. The summed E-state index contributed by atoms with van der Waals surface area (Å²) in [7, 11) is 0. The van der Waals surface area contributed by atoms with Crippen LogP contribution in [0.1, 0.15) is 19.4 Å². The number of hydrogen-bond acceptors (Lipinski definition) is 6. The van der Waals surface area contributed by atoms with Crippen LogP contribution in [0.5, 0.6) is 0 Å². The van der Waals surface area contributed by atoms with E-state index in [-0.39, 0.29) is 23.2 Å². The molecule has 3 aliphatic rings. The van der Waals surface area contributed by atoms with Gasteiger partial charge in [-0.1, -0.05) is 38.1 Å². The molecule has 1 spiro atoms. The molecule has 2 N–H and O–H groups in total. The van der Waals surface area contributed by atoms with Crippen LogP contribution in [0.2, 0.25) is 0 Å². The van der Waals surface area contributed by atoms with Gasteiger partial charge in [-0.2, -0.15) is 0 Å². The Bertz CT molecular complexity index is 1160. The van der Waals surface area contributed by atoms with Crippen LogP contribution >= 0.6 is 0 Å². The predicted octanol–water partition coefficient (Wildman–Crippen LogP) is 2.18. The number of amides is 3. The Labute approximate surface area is 177 Å². The summed E-state index contributed by atoms with van der Waals surface area (Å²) in [4.78, 5) is 52.1. The van der Waals surface area contributed by atoms with Gasteiger partial charge in [-0.25, -0.2) is 4.90 Å². The van der Waals surface area contributed by atoms with Crippen molar-refractivity contribution in [1.82, 2.24) is 5.32 Å². The Balaban J connectivity index is 1.67. The van der Waals surface area contributed by atoms with Crippen LogP contribution in [-0.4, -0.2) is 28.7 Å². The number of imide groups is 1. The van der Waals surface area contributed by atoms with E-state index in [1.807, 2.05) is 13.8 Å². The van der Waals surface area contributed by atoms with Crippen LogP contribution < -0.4 is 15.5 Å². The third-order valence-electron chi connectivity index (χ3n) is 6.57. The van der Waals surface area contributed by atoms with Crippen molar-refractivity contribution in [3.05, 3.63) is 64.2 Å². The fourth-order valence-electron chi connectivity index (χ4n) is 5.26. The highest BCUT2D eigenvalue weighted by molar-refractivity contribution is 6.25. The number of nitrogens with one attached hydrogen (secondary N) is 2. The summed E-state index contributed by atoms with van der Waals surface area (Å²) >= 11 is 0. The molecule has 5 rings (SSSR count). The molecule has 31 heavy (non-hydrogen) atoms.